The Morgan fingerprint density at radius 2 is 2.44 bits per heavy atom. The van der Waals surface area contributed by atoms with Gasteiger partial charge in [0.1, 0.15) is 5.82 Å². The van der Waals surface area contributed by atoms with E-state index in [-0.39, 0.29) is 6.61 Å². The van der Waals surface area contributed by atoms with Crippen molar-refractivity contribution in [3.63, 3.8) is 0 Å². The third-order valence-electron chi connectivity index (χ3n) is 2.00. The second kappa shape index (κ2) is 6.21. The Hall–Kier alpha value is -1.44. The molecule has 0 bridgehead atoms. The first-order valence-corrected chi connectivity index (χ1v) is 4.85. The normalized spacial score (nSPS) is 12.2. The van der Waals surface area contributed by atoms with Crippen molar-refractivity contribution in [2.24, 2.45) is 5.84 Å². The number of likely N-dealkylation sites (N-methyl/N-ethyl adjacent to an activating group) is 1. The molecular formula is C9H17N5O2. The van der Waals surface area contributed by atoms with Gasteiger partial charge in [0, 0.05) is 26.9 Å². The minimum absolute atomic E-state index is 0.289. The molecule has 1 aromatic heterocycles. The first-order chi connectivity index (χ1) is 7.67. The lowest BCUT2D eigenvalue weighted by molar-refractivity contribution is 0.0694. The van der Waals surface area contributed by atoms with E-state index in [1.807, 2.05) is 7.05 Å². The number of hydrogen-bond acceptors (Lipinski definition) is 7. The van der Waals surface area contributed by atoms with Crippen LogP contribution in [0.3, 0.4) is 0 Å². The summed E-state index contributed by atoms with van der Waals surface area (Å²) in [5.74, 6) is 6.22. The molecule has 1 aromatic rings. The molecule has 0 saturated carbocycles. The van der Waals surface area contributed by atoms with Gasteiger partial charge in [0.2, 0.25) is 5.95 Å². The zero-order valence-electron chi connectivity index (χ0n) is 9.42. The fourth-order valence-corrected chi connectivity index (χ4v) is 1.29. The van der Waals surface area contributed by atoms with Gasteiger partial charge in [-0.25, -0.2) is 10.8 Å². The molecular weight excluding hydrogens is 210 g/mol. The van der Waals surface area contributed by atoms with Crippen LogP contribution in [0.1, 0.15) is 0 Å². The lowest BCUT2D eigenvalue weighted by atomic mass is 10.3. The van der Waals surface area contributed by atoms with Gasteiger partial charge in [-0.1, -0.05) is 0 Å². The zero-order valence-corrected chi connectivity index (χ0v) is 9.42. The Labute approximate surface area is 94.2 Å². The van der Waals surface area contributed by atoms with Gasteiger partial charge in [0.15, 0.2) is 0 Å². The largest absolute Gasteiger partial charge is 0.389 e. The van der Waals surface area contributed by atoms with E-state index >= 15 is 0 Å². The molecule has 7 heteroatoms. The molecule has 90 valence electrons. The summed E-state index contributed by atoms with van der Waals surface area (Å²) in [7, 11) is 3.37. The van der Waals surface area contributed by atoms with Crippen molar-refractivity contribution >= 4 is 11.8 Å². The van der Waals surface area contributed by atoms with Crippen LogP contribution >= 0.6 is 0 Å². The quantitative estimate of drug-likeness (QED) is 0.432. The first kappa shape index (κ1) is 12.6. The first-order valence-electron chi connectivity index (χ1n) is 4.85. The number of nitrogens with one attached hydrogen (secondary N) is 1. The molecule has 0 radical (unpaired) electrons. The van der Waals surface area contributed by atoms with Gasteiger partial charge in [-0.05, 0) is 6.07 Å². The molecule has 0 aliphatic rings. The van der Waals surface area contributed by atoms with E-state index in [1.165, 1.54) is 0 Å². The van der Waals surface area contributed by atoms with E-state index in [0.29, 0.717) is 18.3 Å². The molecule has 1 rings (SSSR count). The van der Waals surface area contributed by atoms with Crippen LogP contribution in [-0.4, -0.2) is 48.5 Å². The summed E-state index contributed by atoms with van der Waals surface area (Å²) in [4.78, 5) is 9.82. The summed E-state index contributed by atoms with van der Waals surface area (Å²) in [6, 6.07) is 1.74. The molecule has 0 spiro atoms. The fraction of sp³-hybridized carbons (Fsp3) is 0.556. The van der Waals surface area contributed by atoms with E-state index < -0.39 is 6.10 Å². The second-order valence-electron chi connectivity index (χ2n) is 3.37. The number of methoxy groups -OCH3 is 1. The number of ether oxygens (including phenoxy) is 1. The van der Waals surface area contributed by atoms with Crippen molar-refractivity contribution in [2.45, 2.75) is 6.10 Å². The average molecular weight is 227 g/mol. The zero-order chi connectivity index (χ0) is 12.0. The van der Waals surface area contributed by atoms with E-state index in [9.17, 15) is 5.11 Å². The number of nitrogens with zero attached hydrogens (tertiary/aromatic N) is 3. The van der Waals surface area contributed by atoms with Crippen LogP contribution < -0.4 is 16.2 Å². The van der Waals surface area contributed by atoms with Crippen molar-refractivity contribution < 1.29 is 9.84 Å². The van der Waals surface area contributed by atoms with Gasteiger partial charge in [-0.3, -0.25) is 5.43 Å². The van der Waals surface area contributed by atoms with Crippen LogP contribution in [0, 0.1) is 0 Å². The van der Waals surface area contributed by atoms with Crippen LogP contribution in [0.15, 0.2) is 12.3 Å². The van der Waals surface area contributed by atoms with Crippen LogP contribution in [-0.2, 0) is 4.74 Å². The number of hydrogen-bond donors (Lipinski definition) is 3. The fourth-order valence-electron chi connectivity index (χ4n) is 1.29. The number of anilines is 2. The predicted octanol–water partition coefficient (Wildman–Crippen LogP) is -0.794. The van der Waals surface area contributed by atoms with Crippen molar-refractivity contribution in [2.75, 3.05) is 37.6 Å². The highest BCUT2D eigenvalue weighted by atomic mass is 16.5. The Morgan fingerprint density at radius 3 is 3.06 bits per heavy atom. The van der Waals surface area contributed by atoms with Gasteiger partial charge in [0.25, 0.3) is 0 Å². The average Bonchev–Trinajstić information content (AvgIpc) is 2.29. The summed E-state index contributed by atoms with van der Waals surface area (Å²) < 4.78 is 4.84. The topological polar surface area (TPSA) is 96.5 Å². The SMILES string of the molecule is COCC(O)CN(C)c1ccnc(NN)n1. The molecule has 0 aliphatic heterocycles. The van der Waals surface area contributed by atoms with Crippen LogP contribution in [0.2, 0.25) is 0 Å². The van der Waals surface area contributed by atoms with Crippen LogP contribution in [0.4, 0.5) is 11.8 Å². The lowest BCUT2D eigenvalue weighted by Crippen LogP contribution is -2.32. The monoisotopic (exact) mass is 227 g/mol. The van der Waals surface area contributed by atoms with Crippen molar-refractivity contribution in [3.05, 3.63) is 12.3 Å². The van der Waals surface area contributed by atoms with E-state index in [4.69, 9.17) is 10.6 Å². The third kappa shape index (κ3) is 3.61. The molecule has 16 heavy (non-hydrogen) atoms. The van der Waals surface area contributed by atoms with Crippen LogP contribution in [0.25, 0.3) is 0 Å². The maximum atomic E-state index is 9.56. The number of rotatable bonds is 6. The number of nitrogens with two attached hydrogens (primary N) is 1. The Kier molecular flexibility index (Phi) is 4.90. The van der Waals surface area contributed by atoms with Crippen molar-refractivity contribution in [3.8, 4) is 0 Å². The molecule has 1 atom stereocenters. The maximum Gasteiger partial charge on any atom is 0.239 e. The maximum absolute atomic E-state index is 9.56. The number of aromatic nitrogens is 2. The number of nitrogen functional groups attached to an aromatic ring is 1. The van der Waals surface area contributed by atoms with E-state index in [0.717, 1.165) is 0 Å². The smallest absolute Gasteiger partial charge is 0.239 e. The number of aliphatic hydroxyl groups is 1. The summed E-state index contributed by atoms with van der Waals surface area (Å²) in [6.07, 6.45) is 1.04. The van der Waals surface area contributed by atoms with Crippen LogP contribution in [0.5, 0.6) is 0 Å². The number of aliphatic hydroxyl groups excluding tert-OH is 1. The van der Waals surface area contributed by atoms with Gasteiger partial charge in [0.05, 0.1) is 12.7 Å². The molecule has 4 N–H and O–H groups in total. The van der Waals surface area contributed by atoms with E-state index in [2.05, 4.69) is 15.4 Å². The molecule has 7 nitrogen and oxygen atoms in total. The summed E-state index contributed by atoms with van der Waals surface area (Å²) in [5.41, 5.74) is 2.36. The molecule has 0 amide bonds. The third-order valence-corrected chi connectivity index (χ3v) is 2.00. The summed E-state index contributed by atoms with van der Waals surface area (Å²) in [5, 5.41) is 9.56. The Morgan fingerprint density at radius 1 is 1.69 bits per heavy atom. The molecule has 1 unspecified atom stereocenters. The van der Waals surface area contributed by atoms with Gasteiger partial charge in [-0.15, -0.1) is 0 Å². The standard InChI is InChI=1S/C9H17N5O2/c1-14(5-7(15)6-16-2)8-3-4-11-9(12-8)13-10/h3-4,7,15H,5-6,10H2,1-2H3,(H,11,12,13). The minimum atomic E-state index is -0.556. The van der Waals surface area contributed by atoms with Gasteiger partial charge >= 0.3 is 0 Å². The van der Waals surface area contributed by atoms with Gasteiger partial charge in [-0.2, -0.15) is 4.98 Å². The summed E-state index contributed by atoms with van der Waals surface area (Å²) in [6.45, 7) is 0.715. The molecule has 0 fully saturated rings. The Bertz CT molecular complexity index is 323. The minimum Gasteiger partial charge on any atom is -0.389 e. The highest BCUT2D eigenvalue weighted by molar-refractivity contribution is 5.41. The van der Waals surface area contributed by atoms with Crippen molar-refractivity contribution in [1.29, 1.82) is 0 Å². The van der Waals surface area contributed by atoms with Crippen molar-refractivity contribution in [1.82, 2.24) is 9.97 Å². The molecule has 0 saturated heterocycles. The Balaban J connectivity index is 2.61. The summed E-state index contributed by atoms with van der Waals surface area (Å²) >= 11 is 0. The molecule has 0 aliphatic carbocycles. The highest BCUT2D eigenvalue weighted by Crippen LogP contribution is 2.09. The van der Waals surface area contributed by atoms with Gasteiger partial charge < -0.3 is 14.7 Å². The second-order valence-corrected chi connectivity index (χ2v) is 3.37. The molecule has 0 aromatic carbocycles. The molecule has 1 heterocycles. The highest BCUT2D eigenvalue weighted by Gasteiger charge is 2.10. The predicted molar refractivity (Wildman–Crippen MR) is 61.0 cm³/mol. The lowest BCUT2D eigenvalue weighted by Gasteiger charge is -2.21. The van der Waals surface area contributed by atoms with E-state index in [1.54, 1.807) is 24.3 Å². The number of hydrazine groups is 1.